The van der Waals surface area contributed by atoms with Gasteiger partial charge in [-0.3, -0.25) is 4.68 Å². The molecule has 0 saturated carbocycles. The highest BCUT2D eigenvalue weighted by atomic mass is 15.3. The molecule has 0 saturated heterocycles. The first-order valence-corrected chi connectivity index (χ1v) is 6.67. The third-order valence-electron chi connectivity index (χ3n) is 3.48. The fraction of sp³-hybridized carbons (Fsp3) is 0.438. The summed E-state index contributed by atoms with van der Waals surface area (Å²) in [5.74, 6) is 0. The number of rotatable bonds is 2. The highest BCUT2D eigenvalue weighted by Crippen LogP contribution is 2.31. The van der Waals surface area contributed by atoms with Crippen molar-refractivity contribution in [3.63, 3.8) is 0 Å². The van der Waals surface area contributed by atoms with E-state index in [0.717, 1.165) is 11.3 Å². The molecule has 1 aromatic heterocycles. The molecule has 0 bridgehead atoms. The largest absolute Gasteiger partial charge is 0.326 e. The number of hydrogen-bond donors (Lipinski definition) is 1. The number of nitrogens with zero attached hydrogens (tertiary/aromatic N) is 2. The van der Waals surface area contributed by atoms with Gasteiger partial charge in [0.15, 0.2) is 0 Å². The molecule has 3 nitrogen and oxygen atoms in total. The summed E-state index contributed by atoms with van der Waals surface area (Å²) in [6.07, 6.45) is 2.00. The highest BCUT2D eigenvalue weighted by molar-refractivity contribution is 5.67. The van der Waals surface area contributed by atoms with E-state index in [1.165, 1.54) is 16.7 Å². The van der Waals surface area contributed by atoms with E-state index in [-0.39, 0.29) is 5.41 Å². The molecule has 0 aliphatic heterocycles. The van der Waals surface area contributed by atoms with Crippen LogP contribution in [-0.2, 0) is 19.0 Å². The maximum absolute atomic E-state index is 5.82. The fourth-order valence-corrected chi connectivity index (χ4v) is 2.26. The summed E-state index contributed by atoms with van der Waals surface area (Å²) in [5, 5.41) is 4.57. The van der Waals surface area contributed by atoms with Gasteiger partial charge in [-0.15, -0.1) is 0 Å². The molecule has 2 aromatic rings. The van der Waals surface area contributed by atoms with Crippen LogP contribution in [0.5, 0.6) is 0 Å². The number of aryl methyl sites for hydroxylation is 2. The van der Waals surface area contributed by atoms with Crippen LogP contribution in [0.15, 0.2) is 24.4 Å². The van der Waals surface area contributed by atoms with E-state index in [0.29, 0.717) is 6.54 Å². The van der Waals surface area contributed by atoms with Gasteiger partial charge in [0.2, 0.25) is 0 Å². The van der Waals surface area contributed by atoms with Crippen LogP contribution < -0.4 is 5.73 Å². The Hall–Kier alpha value is -1.61. The van der Waals surface area contributed by atoms with E-state index < -0.39 is 0 Å². The Balaban J connectivity index is 2.61. The van der Waals surface area contributed by atoms with E-state index in [4.69, 9.17) is 5.73 Å². The van der Waals surface area contributed by atoms with Crippen molar-refractivity contribution in [3.8, 4) is 11.3 Å². The third kappa shape index (κ3) is 2.71. The highest BCUT2D eigenvalue weighted by Gasteiger charge is 2.17. The van der Waals surface area contributed by atoms with Gasteiger partial charge in [0.05, 0.1) is 5.69 Å². The molecule has 0 spiro atoms. The topological polar surface area (TPSA) is 43.8 Å². The molecule has 3 heteroatoms. The van der Waals surface area contributed by atoms with Gasteiger partial charge < -0.3 is 5.73 Å². The van der Waals surface area contributed by atoms with Gasteiger partial charge in [-0.05, 0) is 29.5 Å². The average molecular weight is 257 g/mol. The quantitative estimate of drug-likeness (QED) is 0.898. The van der Waals surface area contributed by atoms with Crippen LogP contribution in [0.1, 0.15) is 37.5 Å². The van der Waals surface area contributed by atoms with Crippen LogP contribution in [0.2, 0.25) is 0 Å². The van der Waals surface area contributed by atoms with Crippen LogP contribution in [0.4, 0.5) is 0 Å². The lowest BCUT2D eigenvalue weighted by Gasteiger charge is -2.20. The predicted molar refractivity (Wildman–Crippen MR) is 80.0 cm³/mol. The van der Waals surface area contributed by atoms with Crippen molar-refractivity contribution in [3.05, 3.63) is 41.1 Å². The first-order valence-electron chi connectivity index (χ1n) is 6.67. The lowest BCUT2D eigenvalue weighted by molar-refractivity contribution is 0.590. The van der Waals surface area contributed by atoms with Crippen LogP contribution in [0.25, 0.3) is 11.3 Å². The molecule has 0 fully saturated rings. The van der Waals surface area contributed by atoms with E-state index >= 15 is 0 Å². The van der Waals surface area contributed by atoms with Gasteiger partial charge in [0.25, 0.3) is 0 Å². The van der Waals surface area contributed by atoms with Crippen LogP contribution in [0, 0.1) is 6.92 Å². The van der Waals surface area contributed by atoms with E-state index in [2.05, 4.69) is 51.0 Å². The molecule has 0 amide bonds. The van der Waals surface area contributed by atoms with Crippen molar-refractivity contribution >= 4 is 0 Å². The zero-order valence-corrected chi connectivity index (χ0v) is 12.5. The normalized spacial score (nSPS) is 11.9. The fourth-order valence-electron chi connectivity index (χ4n) is 2.26. The number of hydrogen-bond acceptors (Lipinski definition) is 2. The summed E-state index contributed by atoms with van der Waals surface area (Å²) in [7, 11) is 1.94. The molecule has 0 aliphatic rings. The van der Waals surface area contributed by atoms with Gasteiger partial charge in [0.1, 0.15) is 0 Å². The SMILES string of the molecule is Cc1ccc(C(C)(C)C)cc1-c1nn(C)cc1CN. The minimum Gasteiger partial charge on any atom is -0.326 e. The smallest absolute Gasteiger partial charge is 0.0970 e. The Bertz CT molecular complexity index is 589. The maximum atomic E-state index is 5.82. The van der Waals surface area contributed by atoms with Crippen molar-refractivity contribution in [2.75, 3.05) is 0 Å². The predicted octanol–water partition coefficient (Wildman–Crippen LogP) is 3.15. The Morgan fingerprint density at radius 1 is 1.26 bits per heavy atom. The number of nitrogens with two attached hydrogens (primary N) is 1. The Morgan fingerprint density at radius 3 is 2.53 bits per heavy atom. The second kappa shape index (κ2) is 4.82. The standard InChI is InChI=1S/C16H23N3/c1-11-6-7-13(16(2,3)4)8-14(11)15-12(9-17)10-19(5)18-15/h6-8,10H,9,17H2,1-5H3. The molecule has 102 valence electrons. The summed E-state index contributed by atoms with van der Waals surface area (Å²) in [4.78, 5) is 0. The summed E-state index contributed by atoms with van der Waals surface area (Å²) in [6, 6.07) is 6.62. The molecule has 0 atom stereocenters. The van der Waals surface area contributed by atoms with Crippen molar-refractivity contribution in [1.29, 1.82) is 0 Å². The second-order valence-corrected chi connectivity index (χ2v) is 6.16. The summed E-state index contributed by atoms with van der Waals surface area (Å²) in [5.41, 5.74) is 11.8. The summed E-state index contributed by atoms with van der Waals surface area (Å²) in [6.45, 7) is 9.32. The molecule has 1 heterocycles. The van der Waals surface area contributed by atoms with Crippen molar-refractivity contribution in [1.82, 2.24) is 9.78 Å². The molecular weight excluding hydrogens is 234 g/mol. The van der Waals surface area contributed by atoms with Crippen molar-refractivity contribution in [2.45, 2.75) is 39.7 Å². The molecule has 0 aliphatic carbocycles. The zero-order valence-electron chi connectivity index (χ0n) is 12.5. The second-order valence-electron chi connectivity index (χ2n) is 6.16. The summed E-state index contributed by atoms with van der Waals surface area (Å²) < 4.78 is 1.83. The maximum Gasteiger partial charge on any atom is 0.0970 e. The molecule has 19 heavy (non-hydrogen) atoms. The first-order chi connectivity index (χ1) is 8.82. The van der Waals surface area contributed by atoms with Crippen LogP contribution in [-0.4, -0.2) is 9.78 Å². The molecule has 0 radical (unpaired) electrons. The zero-order chi connectivity index (χ0) is 14.2. The third-order valence-corrected chi connectivity index (χ3v) is 3.48. The minimum atomic E-state index is 0.139. The monoisotopic (exact) mass is 257 g/mol. The van der Waals surface area contributed by atoms with Crippen molar-refractivity contribution < 1.29 is 0 Å². The molecule has 2 N–H and O–H groups in total. The number of aromatic nitrogens is 2. The lowest BCUT2D eigenvalue weighted by atomic mass is 9.84. The molecule has 1 aromatic carbocycles. The Kier molecular flexibility index (Phi) is 3.50. The van der Waals surface area contributed by atoms with Gasteiger partial charge in [-0.25, -0.2) is 0 Å². The van der Waals surface area contributed by atoms with Crippen LogP contribution in [0.3, 0.4) is 0 Å². The van der Waals surface area contributed by atoms with Crippen LogP contribution >= 0.6 is 0 Å². The molecule has 0 unspecified atom stereocenters. The molecular formula is C16H23N3. The Morgan fingerprint density at radius 2 is 1.95 bits per heavy atom. The lowest BCUT2D eigenvalue weighted by Crippen LogP contribution is -2.11. The average Bonchev–Trinajstić information content (AvgIpc) is 2.69. The van der Waals surface area contributed by atoms with Gasteiger partial charge in [0, 0.05) is 30.9 Å². The van der Waals surface area contributed by atoms with Gasteiger partial charge >= 0.3 is 0 Å². The Labute approximate surface area is 115 Å². The first kappa shape index (κ1) is 13.8. The van der Waals surface area contributed by atoms with E-state index in [1.54, 1.807) is 0 Å². The summed E-state index contributed by atoms with van der Waals surface area (Å²) >= 11 is 0. The van der Waals surface area contributed by atoms with E-state index in [9.17, 15) is 0 Å². The van der Waals surface area contributed by atoms with Crippen molar-refractivity contribution in [2.24, 2.45) is 12.8 Å². The minimum absolute atomic E-state index is 0.139. The molecule has 2 rings (SSSR count). The van der Waals surface area contributed by atoms with Gasteiger partial charge in [-0.1, -0.05) is 32.9 Å². The number of benzene rings is 1. The van der Waals surface area contributed by atoms with Gasteiger partial charge in [-0.2, -0.15) is 5.10 Å². The van der Waals surface area contributed by atoms with E-state index in [1.807, 2.05) is 17.9 Å².